The van der Waals surface area contributed by atoms with E-state index in [1.165, 1.54) is 24.3 Å². The lowest BCUT2D eigenvalue weighted by Crippen LogP contribution is -2.42. The summed E-state index contributed by atoms with van der Waals surface area (Å²) >= 11 is 0. The van der Waals surface area contributed by atoms with Crippen molar-refractivity contribution in [2.45, 2.75) is 31.3 Å². The zero-order valence-electron chi connectivity index (χ0n) is 11.6. The number of hydrogen-bond donors (Lipinski definition) is 2. The molecule has 3 rings (SSSR count). The molecule has 5 nitrogen and oxygen atoms in total. The molecule has 1 aromatic rings. The molecular formula is C15H18FN3O2. The zero-order valence-corrected chi connectivity index (χ0v) is 11.6. The third-order valence-electron chi connectivity index (χ3n) is 4.18. The van der Waals surface area contributed by atoms with Crippen molar-refractivity contribution in [3.8, 4) is 0 Å². The van der Waals surface area contributed by atoms with Crippen molar-refractivity contribution < 1.29 is 14.0 Å². The molecule has 0 aliphatic carbocycles. The highest BCUT2D eigenvalue weighted by Crippen LogP contribution is 2.27. The minimum absolute atomic E-state index is 0.0612. The molecule has 2 unspecified atom stereocenters. The van der Waals surface area contributed by atoms with Gasteiger partial charge in [-0.3, -0.25) is 14.5 Å². The first-order valence-corrected chi connectivity index (χ1v) is 7.19. The Bertz CT molecular complexity index is 546. The van der Waals surface area contributed by atoms with Crippen molar-refractivity contribution in [2.75, 3.05) is 18.4 Å². The van der Waals surface area contributed by atoms with Crippen LogP contribution in [0, 0.1) is 5.82 Å². The van der Waals surface area contributed by atoms with Crippen LogP contribution in [0.5, 0.6) is 0 Å². The molecule has 0 radical (unpaired) electrons. The minimum Gasteiger partial charge on any atom is -0.354 e. The number of amides is 2. The summed E-state index contributed by atoms with van der Waals surface area (Å²) in [5.74, 6) is -0.401. The van der Waals surface area contributed by atoms with E-state index in [9.17, 15) is 14.0 Å². The second kappa shape index (κ2) is 5.81. The normalized spacial score (nSPS) is 25.3. The van der Waals surface area contributed by atoms with Gasteiger partial charge in [-0.2, -0.15) is 0 Å². The predicted molar refractivity (Wildman–Crippen MR) is 76.2 cm³/mol. The van der Waals surface area contributed by atoms with Gasteiger partial charge in [0.1, 0.15) is 5.82 Å². The third kappa shape index (κ3) is 3.21. The van der Waals surface area contributed by atoms with E-state index in [4.69, 9.17) is 0 Å². The monoisotopic (exact) mass is 291 g/mol. The number of carbonyl (C=O) groups is 2. The van der Waals surface area contributed by atoms with Crippen molar-refractivity contribution in [2.24, 2.45) is 0 Å². The molecule has 21 heavy (non-hydrogen) atoms. The Hall–Kier alpha value is -1.95. The number of anilines is 1. The highest BCUT2D eigenvalue weighted by molar-refractivity contribution is 5.92. The smallest absolute Gasteiger partial charge is 0.238 e. The lowest BCUT2D eigenvalue weighted by molar-refractivity contribution is -0.122. The van der Waals surface area contributed by atoms with Crippen LogP contribution in [0.2, 0.25) is 0 Å². The van der Waals surface area contributed by atoms with Crippen molar-refractivity contribution >= 4 is 17.5 Å². The molecule has 2 N–H and O–H groups in total. The van der Waals surface area contributed by atoms with Crippen molar-refractivity contribution in [3.63, 3.8) is 0 Å². The van der Waals surface area contributed by atoms with Crippen LogP contribution >= 0.6 is 0 Å². The Morgan fingerprint density at radius 1 is 1.29 bits per heavy atom. The largest absolute Gasteiger partial charge is 0.354 e. The van der Waals surface area contributed by atoms with Gasteiger partial charge >= 0.3 is 0 Å². The number of rotatable bonds is 3. The van der Waals surface area contributed by atoms with Crippen molar-refractivity contribution in [1.29, 1.82) is 0 Å². The van der Waals surface area contributed by atoms with Crippen LogP contribution in [-0.2, 0) is 9.59 Å². The lowest BCUT2D eigenvalue weighted by Gasteiger charge is -2.26. The highest BCUT2D eigenvalue weighted by Gasteiger charge is 2.38. The highest BCUT2D eigenvalue weighted by atomic mass is 19.1. The molecule has 2 fully saturated rings. The van der Waals surface area contributed by atoms with Crippen LogP contribution in [0.1, 0.15) is 19.3 Å². The maximum Gasteiger partial charge on any atom is 0.238 e. The summed E-state index contributed by atoms with van der Waals surface area (Å²) in [5.41, 5.74) is 0.581. The topological polar surface area (TPSA) is 61.4 Å². The molecule has 1 aromatic carbocycles. The van der Waals surface area contributed by atoms with E-state index in [-0.39, 0.29) is 36.3 Å². The first-order chi connectivity index (χ1) is 10.1. The summed E-state index contributed by atoms with van der Waals surface area (Å²) in [5, 5.41) is 5.65. The van der Waals surface area contributed by atoms with E-state index in [1.807, 2.05) is 0 Å². The predicted octanol–water partition coefficient (Wildman–Crippen LogP) is 1.12. The maximum atomic E-state index is 12.8. The van der Waals surface area contributed by atoms with Gasteiger partial charge in [-0.05, 0) is 37.1 Å². The van der Waals surface area contributed by atoms with Gasteiger partial charge in [0, 0.05) is 30.7 Å². The van der Waals surface area contributed by atoms with E-state index in [0.29, 0.717) is 18.7 Å². The van der Waals surface area contributed by atoms with E-state index < -0.39 is 0 Å². The first-order valence-electron chi connectivity index (χ1n) is 7.19. The quantitative estimate of drug-likeness (QED) is 0.877. The number of halogens is 1. The average Bonchev–Trinajstić information content (AvgIpc) is 2.72. The Morgan fingerprint density at radius 2 is 2.00 bits per heavy atom. The maximum absolute atomic E-state index is 12.8. The molecule has 2 aliphatic rings. The fraction of sp³-hybridized carbons (Fsp3) is 0.467. The number of carbonyl (C=O) groups excluding carboxylic acids is 2. The Morgan fingerprint density at radius 3 is 2.76 bits per heavy atom. The molecule has 2 bridgehead atoms. The second-order valence-electron chi connectivity index (χ2n) is 5.62. The average molecular weight is 291 g/mol. The van der Waals surface area contributed by atoms with Crippen LogP contribution in [0.15, 0.2) is 24.3 Å². The second-order valence-corrected chi connectivity index (χ2v) is 5.62. The summed E-state index contributed by atoms with van der Waals surface area (Å²) in [7, 11) is 0. The fourth-order valence-electron chi connectivity index (χ4n) is 3.13. The number of nitrogens with zero attached hydrogens (tertiary/aromatic N) is 1. The van der Waals surface area contributed by atoms with E-state index in [1.54, 1.807) is 0 Å². The zero-order chi connectivity index (χ0) is 14.8. The summed E-state index contributed by atoms with van der Waals surface area (Å²) < 4.78 is 12.8. The van der Waals surface area contributed by atoms with Gasteiger partial charge in [0.2, 0.25) is 11.8 Å². The SMILES string of the molecule is O=C1CC2CCC(CN1)N2CC(=O)Nc1ccc(F)cc1. The summed E-state index contributed by atoms with van der Waals surface area (Å²) in [6.45, 7) is 0.876. The van der Waals surface area contributed by atoms with Gasteiger partial charge in [0.15, 0.2) is 0 Å². The molecule has 2 heterocycles. The molecule has 112 valence electrons. The van der Waals surface area contributed by atoms with Crippen LogP contribution in [0.3, 0.4) is 0 Å². The summed E-state index contributed by atoms with van der Waals surface area (Å²) in [4.78, 5) is 25.8. The molecule has 0 saturated carbocycles. The Balaban J connectivity index is 1.61. The molecule has 0 aromatic heterocycles. The lowest BCUT2D eigenvalue weighted by atomic mass is 10.1. The number of hydrogen-bond acceptors (Lipinski definition) is 3. The van der Waals surface area contributed by atoms with Gasteiger partial charge in [-0.25, -0.2) is 4.39 Å². The van der Waals surface area contributed by atoms with Gasteiger partial charge in [0.05, 0.1) is 6.54 Å². The van der Waals surface area contributed by atoms with Crippen LogP contribution in [0.4, 0.5) is 10.1 Å². The van der Waals surface area contributed by atoms with Crippen LogP contribution in [0.25, 0.3) is 0 Å². The molecule has 2 atom stereocenters. The summed E-state index contributed by atoms with van der Waals surface area (Å²) in [6, 6.07) is 6.09. The van der Waals surface area contributed by atoms with Gasteiger partial charge < -0.3 is 10.6 Å². The molecule has 0 spiro atoms. The number of benzene rings is 1. The molecular weight excluding hydrogens is 273 g/mol. The molecule has 2 saturated heterocycles. The van der Waals surface area contributed by atoms with Crippen molar-refractivity contribution in [1.82, 2.24) is 10.2 Å². The number of fused-ring (bicyclic) bond motifs is 2. The minimum atomic E-state index is -0.330. The number of nitrogens with one attached hydrogen (secondary N) is 2. The standard InChI is InChI=1S/C15H18FN3O2/c16-10-1-3-11(4-2-10)18-15(21)9-19-12-5-6-13(19)8-17-14(20)7-12/h1-4,12-13H,5-9H2,(H,17,20)(H,18,21). The van der Waals surface area contributed by atoms with Gasteiger partial charge in [-0.1, -0.05) is 0 Å². The van der Waals surface area contributed by atoms with E-state index >= 15 is 0 Å². The van der Waals surface area contributed by atoms with Crippen molar-refractivity contribution in [3.05, 3.63) is 30.1 Å². The summed E-state index contributed by atoms with van der Waals surface area (Å²) in [6.07, 6.45) is 2.43. The van der Waals surface area contributed by atoms with Crippen LogP contribution in [-0.4, -0.2) is 41.9 Å². The molecule has 2 aliphatic heterocycles. The van der Waals surface area contributed by atoms with E-state index in [0.717, 1.165) is 12.8 Å². The third-order valence-corrected chi connectivity index (χ3v) is 4.18. The van der Waals surface area contributed by atoms with Crippen LogP contribution < -0.4 is 10.6 Å². The molecule has 2 amide bonds. The Labute approximate surface area is 122 Å². The van der Waals surface area contributed by atoms with Gasteiger partial charge in [-0.15, -0.1) is 0 Å². The molecule has 6 heteroatoms. The Kier molecular flexibility index (Phi) is 3.88. The first kappa shape index (κ1) is 14.0. The van der Waals surface area contributed by atoms with E-state index in [2.05, 4.69) is 15.5 Å². The van der Waals surface area contributed by atoms with Gasteiger partial charge in [0.25, 0.3) is 0 Å². The fourth-order valence-corrected chi connectivity index (χ4v) is 3.13.